The smallest absolute Gasteiger partial charge is 0.115 e. The molecule has 2 nitrogen and oxygen atoms in total. The largest absolute Gasteiger partial charge is 0.376 e. The first kappa shape index (κ1) is 10.5. The Kier molecular flexibility index (Phi) is 3.23. The molecule has 1 atom stereocenters. The van der Waals surface area contributed by atoms with E-state index < -0.39 is 0 Å². The van der Waals surface area contributed by atoms with Crippen LogP contribution in [0.15, 0.2) is 35.8 Å². The van der Waals surface area contributed by atoms with Gasteiger partial charge in [0.25, 0.3) is 0 Å². The molecule has 0 unspecified atom stereocenters. The number of rotatable bonds is 3. The molecular formula is C11H11ClN2S. The molecule has 1 aromatic carbocycles. The van der Waals surface area contributed by atoms with Gasteiger partial charge in [0.1, 0.15) is 5.01 Å². The first-order chi connectivity index (χ1) is 7.25. The van der Waals surface area contributed by atoms with Gasteiger partial charge in [-0.25, -0.2) is 4.98 Å². The average molecular weight is 239 g/mol. The molecule has 0 aliphatic heterocycles. The van der Waals surface area contributed by atoms with Crippen molar-refractivity contribution in [2.45, 2.75) is 13.0 Å². The van der Waals surface area contributed by atoms with Gasteiger partial charge in [-0.3, -0.25) is 0 Å². The zero-order valence-corrected chi connectivity index (χ0v) is 9.85. The van der Waals surface area contributed by atoms with E-state index in [1.165, 1.54) is 0 Å². The highest BCUT2D eigenvalue weighted by Gasteiger charge is 2.06. The van der Waals surface area contributed by atoms with Crippen molar-refractivity contribution in [3.05, 3.63) is 45.9 Å². The van der Waals surface area contributed by atoms with Crippen molar-refractivity contribution in [1.82, 2.24) is 4.98 Å². The minimum atomic E-state index is 0.228. The second-order valence-corrected chi connectivity index (χ2v) is 4.61. The molecule has 0 aliphatic carbocycles. The van der Waals surface area contributed by atoms with Crippen LogP contribution in [0.4, 0.5) is 5.69 Å². The van der Waals surface area contributed by atoms with Gasteiger partial charge >= 0.3 is 0 Å². The van der Waals surface area contributed by atoms with Gasteiger partial charge in [-0.05, 0) is 31.2 Å². The maximum atomic E-state index is 5.81. The van der Waals surface area contributed by atoms with Gasteiger partial charge in [-0.1, -0.05) is 11.6 Å². The highest BCUT2D eigenvalue weighted by molar-refractivity contribution is 7.09. The molecule has 15 heavy (non-hydrogen) atoms. The molecule has 0 saturated carbocycles. The van der Waals surface area contributed by atoms with Gasteiger partial charge in [-0.15, -0.1) is 11.3 Å². The van der Waals surface area contributed by atoms with Crippen molar-refractivity contribution in [3.63, 3.8) is 0 Å². The number of hydrogen-bond donors (Lipinski definition) is 1. The summed E-state index contributed by atoms with van der Waals surface area (Å²) in [5, 5.41) is 7.18. The number of nitrogens with one attached hydrogen (secondary N) is 1. The van der Waals surface area contributed by atoms with E-state index in [9.17, 15) is 0 Å². The Morgan fingerprint density at radius 2 is 2.07 bits per heavy atom. The van der Waals surface area contributed by atoms with Crippen LogP contribution in [0.3, 0.4) is 0 Å². The lowest BCUT2D eigenvalue weighted by Gasteiger charge is -2.12. The zero-order chi connectivity index (χ0) is 10.7. The van der Waals surface area contributed by atoms with E-state index in [1.807, 2.05) is 35.8 Å². The number of hydrogen-bond acceptors (Lipinski definition) is 3. The molecule has 0 radical (unpaired) electrons. The summed E-state index contributed by atoms with van der Waals surface area (Å²) >= 11 is 7.46. The molecule has 1 aromatic heterocycles. The molecule has 0 amide bonds. The van der Waals surface area contributed by atoms with Crippen LogP contribution in [-0.4, -0.2) is 4.98 Å². The molecule has 0 fully saturated rings. The van der Waals surface area contributed by atoms with Gasteiger partial charge in [-0.2, -0.15) is 0 Å². The maximum absolute atomic E-state index is 5.81. The van der Waals surface area contributed by atoms with E-state index in [0.29, 0.717) is 0 Å². The Balaban J connectivity index is 2.06. The number of benzene rings is 1. The van der Waals surface area contributed by atoms with Crippen molar-refractivity contribution in [2.24, 2.45) is 0 Å². The third-order valence-corrected chi connectivity index (χ3v) is 3.26. The number of nitrogens with zero attached hydrogens (tertiary/aromatic N) is 1. The normalized spacial score (nSPS) is 12.4. The SMILES string of the molecule is C[C@@H](Nc1ccc(Cl)cc1)c1nccs1. The second kappa shape index (κ2) is 4.64. The summed E-state index contributed by atoms with van der Waals surface area (Å²) in [5.74, 6) is 0. The summed E-state index contributed by atoms with van der Waals surface area (Å²) in [4.78, 5) is 4.26. The van der Waals surface area contributed by atoms with Crippen molar-refractivity contribution in [1.29, 1.82) is 0 Å². The topological polar surface area (TPSA) is 24.9 Å². The fourth-order valence-corrected chi connectivity index (χ4v) is 2.08. The second-order valence-electron chi connectivity index (χ2n) is 3.24. The predicted octanol–water partition coefficient (Wildman–Crippen LogP) is 3.97. The van der Waals surface area contributed by atoms with Crippen LogP contribution >= 0.6 is 22.9 Å². The van der Waals surface area contributed by atoms with E-state index in [1.54, 1.807) is 11.3 Å². The van der Waals surface area contributed by atoms with Crippen molar-refractivity contribution < 1.29 is 0 Å². The quantitative estimate of drug-likeness (QED) is 0.875. The minimum Gasteiger partial charge on any atom is -0.376 e. The summed E-state index contributed by atoms with van der Waals surface area (Å²) in [5.41, 5.74) is 1.06. The fraction of sp³-hybridized carbons (Fsp3) is 0.182. The number of halogens is 1. The van der Waals surface area contributed by atoms with Gasteiger partial charge in [0.2, 0.25) is 0 Å². The third-order valence-electron chi connectivity index (χ3n) is 2.05. The van der Waals surface area contributed by atoms with Gasteiger partial charge in [0.05, 0.1) is 6.04 Å². The number of thiazole rings is 1. The Labute approximate surface area is 97.9 Å². The van der Waals surface area contributed by atoms with Gasteiger partial charge in [0.15, 0.2) is 0 Å². The maximum Gasteiger partial charge on any atom is 0.115 e. The molecule has 4 heteroatoms. The Hall–Kier alpha value is -1.06. The molecule has 1 N–H and O–H groups in total. The molecule has 0 spiro atoms. The van der Waals surface area contributed by atoms with Gasteiger partial charge in [0, 0.05) is 22.3 Å². The van der Waals surface area contributed by atoms with Gasteiger partial charge < -0.3 is 5.32 Å². The molecule has 0 saturated heterocycles. The van der Waals surface area contributed by atoms with E-state index >= 15 is 0 Å². The Morgan fingerprint density at radius 3 is 2.67 bits per heavy atom. The lowest BCUT2D eigenvalue weighted by atomic mass is 10.3. The fourth-order valence-electron chi connectivity index (χ4n) is 1.31. The minimum absolute atomic E-state index is 0.228. The van der Waals surface area contributed by atoms with Crippen LogP contribution in [-0.2, 0) is 0 Å². The molecule has 78 valence electrons. The molecule has 2 aromatic rings. The standard InChI is InChI=1S/C11H11ClN2S/c1-8(11-13-6-7-15-11)14-10-4-2-9(12)3-5-10/h2-8,14H,1H3/t8-/m1/s1. The lowest BCUT2D eigenvalue weighted by molar-refractivity contribution is 0.870. The highest BCUT2D eigenvalue weighted by Crippen LogP contribution is 2.21. The Morgan fingerprint density at radius 1 is 1.33 bits per heavy atom. The van der Waals surface area contributed by atoms with Crippen LogP contribution < -0.4 is 5.32 Å². The first-order valence-electron chi connectivity index (χ1n) is 4.67. The number of aromatic nitrogens is 1. The first-order valence-corrected chi connectivity index (χ1v) is 5.93. The summed E-state index contributed by atoms with van der Waals surface area (Å²) in [6.07, 6.45) is 1.82. The summed E-state index contributed by atoms with van der Waals surface area (Å²) in [6.45, 7) is 2.09. The van der Waals surface area contributed by atoms with Crippen molar-refractivity contribution in [2.75, 3.05) is 5.32 Å². The summed E-state index contributed by atoms with van der Waals surface area (Å²) in [7, 11) is 0. The molecule has 0 bridgehead atoms. The summed E-state index contributed by atoms with van der Waals surface area (Å²) < 4.78 is 0. The van der Waals surface area contributed by atoms with Crippen LogP contribution in [0, 0.1) is 0 Å². The monoisotopic (exact) mass is 238 g/mol. The van der Waals surface area contributed by atoms with E-state index in [2.05, 4.69) is 17.2 Å². The predicted molar refractivity (Wildman–Crippen MR) is 65.6 cm³/mol. The summed E-state index contributed by atoms with van der Waals surface area (Å²) in [6, 6.07) is 7.90. The van der Waals surface area contributed by atoms with E-state index in [4.69, 9.17) is 11.6 Å². The van der Waals surface area contributed by atoms with E-state index in [-0.39, 0.29) is 6.04 Å². The van der Waals surface area contributed by atoms with Crippen LogP contribution in [0.25, 0.3) is 0 Å². The molecule has 0 aliphatic rings. The van der Waals surface area contributed by atoms with Crippen LogP contribution in [0.1, 0.15) is 18.0 Å². The van der Waals surface area contributed by atoms with Crippen LogP contribution in [0.2, 0.25) is 5.02 Å². The third kappa shape index (κ3) is 2.70. The number of anilines is 1. The highest BCUT2D eigenvalue weighted by atomic mass is 35.5. The zero-order valence-electron chi connectivity index (χ0n) is 8.27. The lowest BCUT2D eigenvalue weighted by Crippen LogP contribution is -2.05. The van der Waals surface area contributed by atoms with Crippen molar-refractivity contribution in [3.8, 4) is 0 Å². The molecular weight excluding hydrogens is 228 g/mol. The molecule has 2 rings (SSSR count). The van der Waals surface area contributed by atoms with Crippen LogP contribution in [0.5, 0.6) is 0 Å². The van der Waals surface area contributed by atoms with E-state index in [0.717, 1.165) is 15.7 Å². The average Bonchev–Trinajstić information content (AvgIpc) is 2.74. The Bertz CT molecular complexity index is 411. The van der Waals surface area contributed by atoms with Crippen molar-refractivity contribution >= 4 is 28.6 Å². The molecule has 1 heterocycles.